The zero-order valence-corrected chi connectivity index (χ0v) is 17.5. The van der Waals surface area contributed by atoms with E-state index in [1.165, 1.54) is 16.7 Å². The quantitative estimate of drug-likeness (QED) is 0.392. The molecule has 1 aromatic heterocycles. The Kier molecular flexibility index (Phi) is 6.50. The van der Waals surface area contributed by atoms with Gasteiger partial charge in [-0.05, 0) is 29.2 Å². The summed E-state index contributed by atoms with van der Waals surface area (Å²) in [5.41, 5.74) is 10.5. The first-order chi connectivity index (χ1) is 15.2. The Balaban J connectivity index is 1.55. The average Bonchev–Trinajstić information content (AvgIpc) is 2.81. The zero-order chi connectivity index (χ0) is 21.5. The Morgan fingerprint density at radius 1 is 0.774 bits per heavy atom. The summed E-state index contributed by atoms with van der Waals surface area (Å²) in [4.78, 5) is 13.2. The van der Waals surface area contributed by atoms with Gasteiger partial charge in [0.05, 0.1) is 12.6 Å². The van der Waals surface area contributed by atoms with E-state index in [1.807, 2.05) is 54.6 Å². The minimum absolute atomic E-state index is 0.0117. The molecule has 0 aliphatic rings. The second-order valence-electron chi connectivity index (χ2n) is 7.20. The Labute approximate surface area is 182 Å². The van der Waals surface area contributed by atoms with Crippen LogP contribution in [0.1, 0.15) is 35.5 Å². The molecule has 6 heteroatoms. The van der Waals surface area contributed by atoms with Gasteiger partial charge in [0.2, 0.25) is 11.9 Å². The highest BCUT2D eigenvalue weighted by Gasteiger charge is 2.15. The molecule has 0 bridgehead atoms. The van der Waals surface area contributed by atoms with Crippen LogP contribution in [0.5, 0.6) is 0 Å². The summed E-state index contributed by atoms with van der Waals surface area (Å²) >= 11 is 0. The smallest absolute Gasteiger partial charge is 0.232 e. The summed E-state index contributed by atoms with van der Waals surface area (Å²) in [7, 11) is 0. The van der Waals surface area contributed by atoms with Gasteiger partial charge in [-0.2, -0.15) is 15.0 Å². The van der Waals surface area contributed by atoms with Crippen LogP contribution in [0.15, 0.2) is 84.9 Å². The zero-order valence-electron chi connectivity index (χ0n) is 17.5. The van der Waals surface area contributed by atoms with E-state index in [1.54, 1.807) is 0 Å². The van der Waals surface area contributed by atoms with Crippen molar-refractivity contribution in [2.45, 2.75) is 25.9 Å². The first kappa shape index (κ1) is 20.5. The number of hydrogen-bond donors (Lipinski definition) is 3. The molecule has 4 rings (SSSR count). The summed E-state index contributed by atoms with van der Waals surface area (Å²) in [6.07, 6.45) is 0.911. The lowest BCUT2D eigenvalue weighted by Gasteiger charge is -2.19. The Morgan fingerprint density at radius 3 is 2.03 bits per heavy atom. The maximum absolute atomic E-state index is 5.98. The number of nitrogens with zero attached hydrogens (tertiary/aromatic N) is 3. The first-order valence-corrected chi connectivity index (χ1v) is 10.4. The molecule has 0 saturated carbocycles. The summed E-state index contributed by atoms with van der Waals surface area (Å²) in [5.74, 6) is 1.22. The Morgan fingerprint density at radius 2 is 1.39 bits per heavy atom. The number of nitrogens with one attached hydrogen (secondary N) is 2. The predicted octanol–water partition coefficient (Wildman–Crippen LogP) is 4.64. The van der Waals surface area contributed by atoms with Crippen molar-refractivity contribution in [3.05, 3.63) is 107 Å². The molecule has 0 atom stereocenters. The minimum Gasteiger partial charge on any atom is -0.368 e. The van der Waals surface area contributed by atoms with Crippen molar-refractivity contribution in [3.63, 3.8) is 0 Å². The molecule has 0 unspecified atom stereocenters. The number of para-hydroxylation sites is 1. The molecular weight excluding hydrogens is 384 g/mol. The van der Waals surface area contributed by atoms with Crippen molar-refractivity contribution in [2.24, 2.45) is 0 Å². The average molecular weight is 411 g/mol. The minimum atomic E-state index is 0.0117. The van der Waals surface area contributed by atoms with Crippen LogP contribution in [0.3, 0.4) is 0 Å². The number of nitrogen functional groups attached to an aromatic ring is 1. The molecule has 156 valence electrons. The molecule has 0 aliphatic carbocycles. The lowest BCUT2D eigenvalue weighted by Crippen LogP contribution is -2.23. The summed E-state index contributed by atoms with van der Waals surface area (Å²) in [6.45, 7) is 2.57. The van der Waals surface area contributed by atoms with Crippen molar-refractivity contribution in [1.29, 1.82) is 0 Å². The van der Waals surface area contributed by atoms with Crippen LogP contribution in [0.4, 0.5) is 17.6 Å². The molecule has 31 heavy (non-hydrogen) atoms. The molecule has 0 radical (unpaired) electrons. The van der Waals surface area contributed by atoms with Crippen LogP contribution < -0.4 is 16.4 Å². The van der Waals surface area contributed by atoms with E-state index in [2.05, 4.69) is 62.8 Å². The van der Waals surface area contributed by atoms with Crippen LogP contribution in [-0.2, 0) is 13.0 Å². The largest absolute Gasteiger partial charge is 0.368 e. The fourth-order valence-electron chi connectivity index (χ4n) is 3.56. The van der Waals surface area contributed by atoms with E-state index >= 15 is 0 Å². The van der Waals surface area contributed by atoms with E-state index in [0.717, 1.165) is 12.1 Å². The molecule has 0 fully saturated rings. The van der Waals surface area contributed by atoms with Gasteiger partial charge in [-0.25, -0.2) is 0 Å². The molecule has 0 aliphatic heterocycles. The highest BCUT2D eigenvalue weighted by Crippen LogP contribution is 2.23. The van der Waals surface area contributed by atoms with E-state index < -0.39 is 0 Å². The maximum Gasteiger partial charge on any atom is 0.232 e. The lowest BCUT2D eigenvalue weighted by atomic mass is 9.99. The van der Waals surface area contributed by atoms with Crippen LogP contribution in [0.2, 0.25) is 0 Å². The number of anilines is 3. The van der Waals surface area contributed by atoms with Gasteiger partial charge < -0.3 is 11.1 Å². The monoisotopic (exact) mass is 410 g/mol. The number of nitrogens with two attached hydrogens (primary N) is 1. The molecule has 4 aromatic rings. The molecule has 6 nitrogen and oxygen atoms in total. The normalized spacial score (nSPS) is 10.9. The predicted molar refractivity (Wildman–Crippen MR) is 125 cm³/mol. The highest BCUT2D eigenvalue weighted by atomic mass is 15.2. The van der Waals surface area contributed by atoms with Gasteiger partial charge in [-0.3, -0.25) is 5.32 Å². The van der Waals surface area contributed by atoms with Crippen molar-refractivity contribution in [3.8, 4) is 0 Å². The number of benzene rings is 3. The Bertz CT molecular complexity index is 1080. The highest BCUT2D eigenvalue weighted by molar-refractivity contribution is 5.58. The topological polar surface area (TPSA) is 88.8 Å². The van der Waals surface area contributed by atoms with Gasteiger partial charge in [-0.15, -0.1) is 0 Å². The van der Waals surface area contributed by atoms with Crippen molar-refractivity contribution >= 4 is 17.6 Å². The third-order valence-corrected chi connectivity index (χ3v) is 5.07. The summed E-state index contributed by atoms with van der Waals surface area (Å²) < 4.78 is 0. The Hall–Kier alpha value is -3.77. The van der Waals surface area contributed by atoms with Crippen molar-refractivity contribution < 1.29 is 0 Å². The fourth-order valence-corrected chi connectivity index (χ4v) is 3.56. The number of aryl methyl sites for hydroxylation is 1. The molecule has 1 heterocycles. The van der Waals surface area contributed by atoms with E-state index in [0.29, 0.717) is 18.3 Å². The maximum atomic E-state index is 5.98. The third-order valence-electron chi connectivity index (χ3n) is 5.07. The SMILES string of the molecule is CCc1ccccc1Nc1nc(N)nc(CNC(c2ccccc2)c2ccccc2)n1. The first-order valence-electron chi connectivity index (χ1n) is 10.4. The molecule has 0 spiro atoms. The van der Waals surface area contributed by atoms with Gasteiger partial charge in [0, 0.05) is 5.69 Å². The molecule has 0 saturated heterocycles. The number of rotatable bonds is 8. The van der Waals surface area contributed by atoms with Crippen LogP contribution >= 0.6 is 0 Å². The van der Waals surface area contributed by atoms with Gasteiger partial charge >= 0.3 is 0 Å². The second kappa shape index (κ2) is 9.82. The fraction of sp³-hybridized carbons (Fsp3) is 0.160. The lowest BCUT2D eigenvalue weighted by molar-refractivity contribution is 0.586. The third kappa shape index (κ3) is 5.24. The second-order valence-corrected chi connectivity index (χ2v) is 7.20. The summed E-state index contributed by atoms with van der Waals surface area (Å²) in [5, 5.41) is 6.86. The van der Waals surface area contributed by atoms with Crippen molar-refractivity contribution in [2.75, 3.05) is 11.1 Å². The van der Waals surface area contributed by atoms with Gasteiger partial charge in [-0.1, -0.05) is 85.8 Å². The van der Waals surface area contributed by atoms with Gasteiger partial charge in [0.1, 0.15) is 5.82 Å². The van der Waals surface area contributed by atoms with Crippen LogP contribution in [0.25, 0.3) is 0 Å². The standard InChI is InChI=1S/C25H26N6/c1-2-18-11-9-10-16-21(18)28-25-30-22(29-24(26)31-25)17-27-23(19-12-5-3-6-13-19)20-14-7-4-8-15-20/h3-16,23,27H,2,17H2,1H3,(H3,26,28,29,30,31). The number of aromatic nitrogens is 3. The molecule has 3 aromatic carbocycles. The van der Waals surface area contributed by atoms with Gasteiger partial charge in [0.15, 0.2) is 0 Å². The summed E-state index contributed by atoms with van der Waals surface area (Å²) in [6, 6.07) is 28.8. The van der Waals surface area contributed by atoms with E-state index in [4.69, 9.17) is 5.73 Å². The van der Waals surface area contributed by atoms with Crippen molar-refractivity contribution in [1.82, 2.24) is 20.3 Å². The van der Waals surface area contributed by atoms with E-state index in [9.17, 15) is 0 Å². The number of hydrogen-bond acceptors (Lipinski definition) is 6. The van der Waals surface area contributed by atoms with Crippen LogP contribution in [-0.4, -0.2) is 15.0 Å². The molecular formula is C25H26N6. The molecule has 4 N–H and O–H groups in total. The van der Waals surface area contributed by atoms with Crippen LogP contribution in [0, 0.1) is 0 Å². The van der Waals surface area contributed by atoms with E-state index in [-0.39, 0.29) is 12.0 Å². The van der Waals surface area contributed by atoms with Gasteiger partial charge in [0.25, 0.3) is 0 Å². The molecule has 0 amide bonds.